The summed E-state index contributed by atoms with van der Waals surface area (Å²) in [5, 5.41) is 15.2. The van der Waals surface area contributed by atoms with Gasteiger partial charge in [0.1, 0.15) is 5.82 Å². The second-order valence-corrected chi connectivity index (χ2v) is 5.58. The maximum absolute atomic E-state index is 13.5. The summed E-state index contributed by atoms with van der Waals surface area (Å²) in [6.45, 7) is 0.376. The Morgan fingerprint density at radius 1 is 1.33 bits per heavy atom. The number of nitrogens with one attached hydrogen (secondary N) is 1. The molecule has 0 aliphatic carbocycles. The van der Waals surface area contributed by atoms with Crippen molar-refractivity contribution < 1.29 is 9.60 Å². The zero-order valence-electron chi connectivity index (χ0n) is 10.8. The zero-order chi connectivity index (χ0) is 15.4. The number of nitrogens with two attached hydrogens (primary N) is 1. The van der Waals surface area contributed by atoms with E-state index >= 15 is 0 Å². The first kappa shape index (κ1) is 15.6. The predicted octanol–water partition coefficient (Wildman–Crippen LogP) is 3.95. The van der Waals surface area contributed by atoms with Crippen molar-refractivity contribution in [3.8, 4) is 0 Å². The summed E-state index contributed by atoms with van der Waals surface area (Å²) < 4.78 is 14.3. The van der Waals surface area contributed by atoms with Crippen LogP contribution in [0.3, 0.4) is 0 Å². The van der Waals surface area contributed by atoms with Crippen molar-refractivity contribution in [2.45, 2.75) is 6.54 Å². The van der Waals surface area contributed by atoms with Crippen LogP contribution in [0.5, 0.6) is 0 Å². The van der Waals surface area contributed by atoms with Gasteiger partial charge in [0.05, 0.1) is 5.02 Å². The van der Waals surface area contributed by atoms with Gasteiger partial charge < -0.3 is 16.3 Å². The summed E-state index contributed by atoms with van der Waals surface area (Å²) in [5.74, 6) is -0.591. The molecule has 21 heavy (non-hydrogen) atoms. The van der Waals surface area contributed by atoms with Crippen molar-refractivity contribution >= 4 is 39.1 Å². The first-order chi connectivity index (χ1) is 9.99. The van der Waals surface area contributed by atoms with Gasteiger partial charge in [-0.1, -0.05) is 16.8 Å². The molecule has 0 radical (unpaired) electrons. The zero-order valence-corrected chi connectivity index (χ0v) is 13.1. The lowest BCUT2D eigenvalue weighted by Gasteiger charge is -2.09. The van der Waals surface area contributed by atoms with Gasteiger partial charge in [0.25, 0.3) is 0 Å². The van der Waals surface area contributed by atoms with Crippen molar-refractivity contribution in [2.24, 2.45) is 10.9 Å². The molecule has 110 valence electrons. The smallest absolute Gasteiger partial charge is 0.170 e. The van der Waals surface area contributed by atoms with Crippen LogP contribution in [-0.2, 0) is 6.54 Å². The number of rotatable bonds is 4. The molecule has 4 N–H and O–H groups in total. The molecule has 0 saturated carbocycles. The molecule has 2 aromatic rings. The Labute approximate surface area is 134 Å². The van der Waals surface area contributed by atoms with Gasteiger partial charge in [-0.25, -0.2) is 4.39 Å². The van der Waals surface area contributed by atoms with E-state index in [0.29, 0.717) is 22.7 Å². The number of anilines is 1. The number of hydrogen-bond acceptors (Lipinski definition) is 3. The average molecular weight is 373 g/mol. The van der Waals surface area contributed by atoms with Crippen LogP contribution in [-0.4, -0.2) is 11.0 Å². The van der Waals surface area contributed by atoms with Gasteiger partial charge in [-0.05, 0) is 57.9 Å². The van der Waals surface area contributed by atoms with Crippen molar-refractivity contribution in [1.82, 2.24) is 0 Å². The molecule has 0 heterocycles. The van der Waals surface area contributed by atoms with Gasteiger partial charge in [0.2, 0.25) is 0 Å². The van der Waals surface area contributed by atoms with E-state index in [1.54, 1.807) is 12.1 Å². The van der Waals surface area contributed by atoms with E-state index in [-0.39, 0.29) is 5.84 Å². The highest BCUT2D eigenvalue weighted by Gasteiger charge is 2.05. The second kappa shape index (κ2) is 6.78. The van der Waals surface area contributed by atoms with Crippen LogP contribution in [0.4, 0.5) is 10.1 Å². The van der Waals surface area contributed by atoms with Gasteiger partial charge >= 0.3 is 0 Å². The van der Waals surface area contributed by atoms with Crippen molar-refractivity contribution in [2.75, 3.05) is 5.32 Å². The van der Waals surface area contributed by atoms with E-state index in [9.17, 15) is 4.39 Å². The minimum absolute atomic E-state index is 0.137. The first-order valence-corrected chi connectivity index (χ1v) is 7.13. The fraction of sp³-hybridized carbons (Fsp3) is 0.0714. The van der Waals surface area contributed by atoms with Crippen molar-refractivity contribution in [1.29, 1.82) is 0 Å². The lowest BCUT2D eigenvalue weighted by molar-refractivity contribution is 0.318. The highest BCUT2D eigenvalue weighted by molar-refractivity contribution is 9.10. The SMILES string of the molecule is N/C(=N/O)c1cc(F)cc(CNc2ccc(Br)c(Cl)c2)c1. The maximum atomic E-state index is 13.5. The summed E-state index contributed by atoms with van der Waals surface area (Å²) in [6.07, 6.45) is 0. The largest absolute Gasteiger partial charge is 0.409 e. The summed E-state index contributed by atoms with van der Waals surface area (Å²) in [6, 6.07) is 9.65. The predicted molar refractivity (Wildman–Crippen MR) is 85.4 cm³/mol. The highest BCUT2D eigenvalue weighted by atomic mass is 79.9. The number of hydrogen-bond donors (Lipinski definition) is 3. The Bertz CT molecular complexity index is 694. The fourth-order valence-corrected chi connectivity index (χ4v) is 2.20. The topological polar surface area (TPSA) is 70.6 Å². The van der Waals surface area contributed by atoms with Crippen LogP contribution < -0.4 is 11.1 Å². The van der Waals surface area contributed by atoms with Gasteiger partial charge in [0.15, 0.2) is 5.84 Å². The molecule has 0 bridgehead atoms. The molecule has 0 aliphatic rings. The molecule has 2 aromatic carbocycles. The Morgan fingerprint density at radius 2 is 2.10 bits per heavy atom. The van der Waals surface area contributed by atoms with Crippen molar-refractivity contribution in [3.63, 3.8) is 0 Å². The van der Waals surface area contributed by atoms with E-state index in [1.165, 1.54) is 12.1 Å². The number of oxime groups is 1. The maximum Gasteiger partial charge on any atom is 0.170 e. The molecule has 0 amide bonds. The summed E-state index contributed by atoms with van der Waals surface area (Å²) in [7, 11) is 0. The monoisotopic (exact) mass is 371 g/mol. The Kier molecular flexibility index (Phi) is 5.03. The quantitative estimate of drug-likeness (QED) is 0.329. The molecule has 0 unspecified atom stereocenters. The lowest BCUT2D eigenvalue weighted by Crippen LogP contribution is -2.14. The van der Waals surface area contributed by atoms with Gasteiger partial charge in [-0.15, -0.1) is 0 Å². The fourth-order valence-electron chi connectivity index (χ4n) is 1.77. The minimum Gasteiger partial charge on any atom is -0.409 e. The third-order valence-corrected chi connectivity index (χ3v) is 4.01. The number of benzene rings is 2. The first-order valence-electron chi connectivity index (χ1n) is 5.96. The van der Waals surface area contributed by atoms with Gasteiger partial charge in [0, 0.05) is 22.3 Å². The molecule has 0 saturated heterocycles. The molecular weight excluding hydrogens is 361 g/mol. The summed E-state index contributed by atoms with van der Waals surface area (Å²) in [5.41, 5.74) is 7.25. The molecule has 0 spiro atoms. The van der Waals surface area contributed by atoms with E-state index in [0.717, 1.165) is 10.2 Å². The Balaban J connectivity index is 2.16. The highest BCUT2D eigenvalue weighted by Crippen LogP contribution is 2.25. The van der Waals surface area contributed by atoms with Crippen LogP contribution in [0.25, 0.3) is 0 Å². The summed E-state index contributed by atoms with van der Waals surface area (Å²) in [4.78, 5) is 0. The van der Waals surface area contributed by atoms with Crippen LogP contribution in [0.15, 0.2) is 46.0 Å². The van der Waals surface area contributed by atoms with E-state index in [4.69, 9.17) is 22.5 Å². The van der Waals surface area contributed by atoms with E-state index in [1.807, 2.05) is 12.1 Å². The van der Waals surface area contributed by atoms with Crippen molar-refractivity contribution in [3.05, 3.63) is 62.8 Å². The van der Waals surface area contributed by atoms with Crippen LogP contribution in [0.1, 0.15) is 11.1 Å². The normalized spacial score (nSPS) is 11.5. The molecule has 2 rings (SSSR count). The van der Waals surface area contributed by atoms with Crippen LogP contribution in [0.2, 0.25) is 5.02 Å². The minimum atomic E-state index is -0.454. The average Bonchev–Trinajstić information content (AvgIpc) is 2.47. The Hall–Kier alpha value is -1.79. The second-order valence-electron chi connectivity index (χ2n) is 4.32. The van der Waals surface area contributed by atoms with E-state index in [2.05, 4.69) is 26.4 Å². The molecule has 4 nitrogen and oxygen atoms in total. The van der Waals surface area contributed by atoms with Gasteiger partial charge in [-0.2, -0.15) is 0 Å². The Morgan fingerprint density at radius 3 is 2.76 bits per heavy atom. The summed E-state index contributed by atoms with van der Waals surface area (Å²) >= 11 is 9.31. The number of nitrogens with zero attached hydrogens (tertiary/aromatic N) is 1. The molecule has 0 aliphatic heterocycles. The molecular formula is C14H12BrClFN3O. The molecule has 7 heteroatoms. The van der Waals surface area contributed by atoms with Crippen LogP contribution >= 0.6 is 27.5 Å². The number of halogens is 3. The standard InChI is InChI=1S/C14H12BrClFN3O/c15-12-2-1-11(6-13(12)16)19-7-8-3-9(14(18)20-21)5-10(17)4-8/h1-6,19,21H,7H2,(H2,18,20). The van der Waals surface area contributed by atoms with E-state index < -0.39 is 5.82 Å². The van der Waals surface area contributed by atoms with Crippen LogP contribution in [0, 0.1) is 5.82 Å². The molecule has 0 atom stereocenters. The molecule has 0 aromatic heterocycles. The number of amidine groups is 1. The molecule has 0 fully saturated rings. The third kappa shape index (κ3) is 4.09. The van der Waals surface area contributed by atoms with Gasteiger partial charge in [-0.3, -0.25) is 0 Å². The lowest BCUT2D eigenvalue weighted by atomic mass is 10.1. The third-order valence-electron chi connectivity index (χ3n) is 2.78.